The van der Waals surface area contributed by atoms with Crippen molar-refractivity contribution in [2.24, 2.45) is 0 Å². The Morgan fingerprint density at radius 1 is 1.21 bits per heavy atom. The Bertz CT molecular complexity index is 861. The van der Waals surface area contributed by atoms with Crippen LogP contribution in [-0.2, 0) is 16.6 Å². The molecular weight excluding hydrogens is 361 g/mol. The average molecular weight is 385 g/mol. The number of ether oxygens (including phenoxy) is 2. The van der Waals surface area contributed by atoms with Gasteiger partial charge in [0.25, 0.3) is 0 Å². The summed E-state index contributed by atoms with van der Waals surface area (Å²) < 4.78 is 25.4. The predicted molar refractivity (Wildman–Crippen MR) is 103 cm³/mol. The maximum absolute atomic E-state index is 13.7. The first kappa shape index (κ1) is 18.7. The van der Waals surface area contributed by atoms with Crippen molar-refractivity contribution >= 4 is 5.97 Å². The van der Waals surface area contributed by atoms with Gasteiger partial charge < -0.3 is 14.6 Å². The van der Waals surface area contributed by atoms with E-state index in [-0.39, 0.29) is 17.8 Å². The molecule has 0 aliphatic carbocycles. The highest BCUT2D eigenvalue weighted by atomic mass is 19.1. The molecule has 148 valence electrons. The monoisotopic (exact) mass is 385 g/mol. The first-order chi connectivity index (χ1) is 13.6. The number of nitrogens with zero attached hydrogens (tertiary/aromatic N) is 1. The van der Waals surface area contributed by atoms with Crippen molar-refractivity contribution in [2.75, 3.05) is 32.8 Å². The lowest BCUT2D eigenvalue weighted by atomic mass is 9.74. The summed E-state index contributed by atoms with van der Waals surface area (Å²) in [5.41, 5.74) is 1.80. The normalized spacial score (nSPS) is 17.9. The molecule has 6 heteroatoms. The van der Waals surface area contributed by atoms with Crippen molar-refractivity contribution in [3.05, 3.63) is 59.4 Å². The van der Waals surface area contributed by atoms with E-state index in [1.54, 1.807) is 12.1 Å². The lowest BCUT2D eigenvalue weighted by Gasteiger charge is -2.37. The number of aliphatic carboxylic acids is 1. The predicted octanol–water partition coefficient (Wildman–Crippen LogP) is 3.26. The first-order valence-corrected chi connectivity index (χ1v) is 9.63. The van der Waals surface area contributed by atoms with E-state index in [1.165, 1.54) is 11.6 Å². The van der Waals surface area contributed by atoms with Gasteiger partial charge in [0.2, 0.25) is 0 Å². The van der Waals surface area contributed by atoms with E-state index in [0.717, 1.165) is 37.4 Å². The van der Waals surface area contributed by atoms with Crippen LogP contribution in [0.5, 0.6) is 11.5 Å². The second-order valence-electron chi connectivity index (χ2n) is 7.59. The van der Waals surface area contributed by atoms with E-state index in [4.69, 9.17) is 14.6 Å². The van der Waals surface area contributed by atoms with Crippen LogP contribution in [0.15, 0.2) is 42.5 Å². The number of carbonyl (C=O) groups is 1. The van der Waals surface area contributed by atoms with Gasteiger partial charge in [0.05, 0.1) is 19.8 Å². The number of carboxylic acid groups (broad SMARTS) is 1. The van der Waals surface area contributed by atoms with Gasteiger partial charge >= 0.3 is 5.97 Å². The fraction of sp³-hybridized carbons (Fsp3) is 0.409. The van der Waals surface area contributed by atoms with Crippen molar-refractivity contribution in [1.29, 1.82) is 0 Å². The summed E-state index contributed by atoms with van der Waals surface area (Å²) >= 11 is 0. The lowest BCUT2D eigenvalue weighted by molar-refractivity contribution is -0.138. The highest BCUT2D eigenvalue weighted by molar-refractivity contribution is 5.69. The number of piperidine rings is 1. The number of halogens is 1. The molecule has 1 fully saturated rings. The van der Waals surface area contributed by atoms with E-state index in [9.17, 15) is 9.18 Å². The van der Waals surface area contributed by atoms with Gasteiger partial charge in [0.1, 0.15) is 17.3 Å². The molecule has 0 amide bonds. The van der Waals surface area contributed by atoms with E-state index in [2.05, 4.69) is 6.07 Å². The van der Waals surface area contributed by atoms with Crippen LogP contribution in [0.4, 0.5) is 4.39 Å². The molecule has 2 aromatic carbocycles. The smallest absolute Gasteiger partial charge is 0.317 e. The van der Waals surface area contributed by atoms with Crippen molar-refractivity contribution in [3.8, 4) is 11.5 Å². The largest absolute Gasteiger partial charge is 0.493 e. The zero-order chi connectivity index (χ0) is 19.6. The molecule has 2 aliphatic heterocycles. The van der Waals surface area contributed by atoms with Gasteiger partial charge in [-0.3, -0.25) is 9.69 Å². The fourth-order valence-corrected chi connectivity index (χ4v) is 4.17. The molecule has 2 aromatic rings. The number of fused-ring (bicyclic) bond motifs is 2. The van der Waals surface area contributed by atoms with Crippen molar-refractivity contribution in [1.82, 2.24) is 4.90 Å². The van der Waals surface area contributed by atoms with Crippen LogP contribution in [0.1, 0.15) is 24.0 Å². The second kappa shape index (κ2) is 7.80. The van der Waals surface area contributed by atoms with E-state index in [0.29, 0.717) is 25.2 Å². The molecule has 2 heterocycles. The second-order valence-corrected chi connectivity index (χ2v) is 7.59. The van der Waals surface area contributed by atoms with Gasteiger partial charge in [0, 0.05) is 23.5 Å². The van der Waals surface area contributed by atoms with Crippen LogP contribution in [0, 0.1) is 5.82 Å². The number of carboxylic acids is 1. The number of hydrogen-bond donors (Lipinski definition) is 1. The van der Waals surface area contributed by atoms with Crippen LogP contribution >= 0.6 is 0 Å². The molecule has 0 atom stereocenters. The zero-order valence-electron chi connectivity index (χ0n) is 15.7. The van der Waals surface area contributed by atoms with Crippen molar-refractivity contribution in [2.45, 2.75) is 24.7 Å². The van der Waals surface area contributed by atoms with E-state index < -0.39 is 5.97 Å². The van der Waals surface area contributed by atoms with Crippen molar-refractivity contribution in [3.63, 3.8) is 0 Å². The summed E-state index contributed by atoms with van der Waals surface area (Å²) in [6.07, 6.45) is 2.29. The molecule has 1 N–H and O–H groups in total. The zero-order valence-corrected chi connectivity index (χ0v) is 15.7. The van der Waals surface area contributed by atoms with E-state index >= 15 is 0 Å². The van der Waals surface area contributed by atoms with Gasteiger partial charge in [-0.1, -0.05) is 24.3 Å². The van der Waals surface area contributed by atoms with Gasteiger partial charge in [-0.15, -0.1) is 0 Å². The summed E-state index contributed by atoms with van der Waals surface area (Å²) in [5.74, 6) is 0.571. The standard InChI is InChI=1S/C22H24FNO4/c23-19-4-2-1-3-16(19)7-12-27-17-5-6-18-20(13-17)28-15-22(18)8-10-24(11-9-22)14-21(25)26/h1-6,13H,7-12,14-15H2,(H,25,26). The Balaban J connectivity index is 1.37. The summed E-state index contributed by atoms with van der Waals surface area (Å²) in [6.45, 7) is 2.64. The van der Waals surface area contributed by atoms with Crippen LogP contribution in [0.25, 0.3) is 0 Å². The third-order valence-electron chi connectivity index (χ3n) is 5.80. The summed E-state index contributed by atoms with van der Waals surface area (Å²) in [6, 6.07) is 12.6. The molecule has 0 bridgehead atoms. The Labute approximate surface area is 163 Å². The van der Waals surface area contributed by atoms with Gasteiger partial charge in [-0.25, -0.2) is 4.39 Å². The summed E-state index contributed by atoms with van der Waals surface area (Å²) in [7, 11) is 0. The molecule has 1 saturated heterocycles. The molecule has 0 unspecified atom stereocenters. The molecule has 5 nitrogen and oxygen atoms in total. The lowest BCUT2D eigenvalue weighted by Crippen LogP contribution is -2.45. The number of rotatable bonds is 6. The maximum atomic E-state index is 13.7. The number of benzene rings is 2. The summed E-state index contributed by atoms with van der Waals surface area (Å²) in [4.78, 5) is 12.9. The highest BCUT2D eigenvalue weighted by Crippen LogP contribution is 2.46. The SMILES string of the molecule is O=C(O)CN1CCC2(CC1)COc1cc(OCCc3ccccc3F)ccc12. The van der Waals surface area contributed by atoms with Gasteiger partial charge in [-0.05, 0) is 43.6 Å². The Kier molecular flexibility index (Phi) is 5.22. The highest BCUT2D eigenvalue weighted by Gasteiger charge is 2.43. The number of hydrogen-bond acceptors (Lipinski definition) is 4. The molecule has 2 aliphatic rings. The molecule has 0 saturated carbocycles. The molecule has 0 radical (unpaired) electrons. The Hall–Kier alpha value is -2.60. The minimum atomic E-state index is -0.781. The maximum Gasteiger partial charge on any atom is 0.317 e. The Morgan fingerprint density at radius 2 is 2.00 bits per heavy atom. The topological polar surface area (TPSA) is 59.0 Å². The molecule has 1 spiro atoms. The van der Waals surface area contributed by atoms with Gasteiger partial charge in [-0.2, -0.15) is 0 Å². The molecule has 0 aromatic heterocycles. The molecule has 28 heavy (non-hydrogen) atoms. The van der Waals surface area contributed by atoms with Gasteiger partial charge in [0.15, 0.2) is 0 Å². The van der Waals surface area contributed by atoms with Crippen LogP contribution in [0.2, 0.25) is 0 Å². The van der Waals surface area contributed by atoms with Crippen LogP contribution in [-0.4, -0.2) is 48.8 Å². The third-order valence-corrected chi connectivity index (χ3v) is 5.80. The van der Waals surface area contributed by atoms with Crippen LogP contribution in [0.3, 0.4) is 0 Å². The third kappa shape index (κ3) is 3.83. The molecular formula is C22H24FNO4. The first-order valence-electron chi connectivity index (χ1n) is 9.63. The Morgan fingerprint density at radius 3 is 2.75 bits per heavy atom. The summed E-state index contributed by atoms with van der Waals surface area (Å²) in [5, 5.41) is 8.97. The fourth-order valence-electron chi connectivity index (χ4n) is 4.17. The van der Waals surface area contributed by atoms with E-state index in [1.807, 2.05) is 23.1 Å². The number of likely N-dealkylation sites (tertiary alicyclic amines) is 1. The average Bonchev–Trinajstić information content (AvgIpc) is 3.03. The van der Waals surface area contributed by atoms with Crippen molar-refractivity contribution < 1.29 is 23.8 Å². The quantitative estimate of drug-likeness (QED) is 0.827. The van der Waals surface area contributed by atoms with Crippen LogP contribution < -0.4 is 9.47 Å². The minimum absolute atomic E-state index is 0.0317. The molecule has 4 rings (SSSR count). The minimum Gasteiger partial charge on any atom is -0.493 e.